The van der Waals surface area contributed by atoms with E-state index in [9.17, 15) is 4.79 Å². The van der Waals surface area contributed by atoms with Gasteiger partial charge < -0.3 is 0 Å². The molecule has 2 rings (SSSR count). The second-order valence-electron chi connectivity index (χ2n) is 3.62. The Hall–Kier alpha value is -1.12. The molecule has 0 atom stereocenters. The molecule has 1 aromatic carbocycles. The van der Waals surface area contributed by atoms with Crippen LogP contribution in [0.3, 0.4) is 0 Å². The molecule has 0 unspecified atom stereocenters. The van der Waals surface area contributed by atoms with Crippen molar-refractivity contribution in [2.24, 2.45) is 0 Å². The first-order valence-electron chi connectivity index (χ1n) is 5.02. The van der Waals surface area contributed by atoms with E-state index in [1.54, 1.807) is 11.3 Å². The third-order valence-corrected chi connectivity index (χ3v) is 3.43. The van der Waals surface area contributed by atoms with E-state index in [4.69, 9.17) is 11.6 Å². The van der Waals surface area contributed by atoms with Gasteiger partial charge in [0, 0.05) is 17.9 Å². The largest absolute Gasteiger partial charge is 0.299 e. The summed E-state index contributed by atoms with van der Waals surface area (Å²) in [6.07, 6.45) is 0.907. The minimum absolute atomic E-state index is 0.200. The topological polar surface area (TPSA) is 17.1 Å². The molecule has 3 heteroatoms. The molecule has 0 saturated carbocycles. The number of carbonyl (C=O) groups excluding carboxylic acids is 1. The molecule has 0 fully saturated rings. The molecule has 2 aromatic rings. The number of ketones is 1. The van der Waals surface area contributed by atoms with Gasteiger partial charge in [-0.2, -0.15) is 11.3 Å². The molecular formula is C13H11ClOS. The van der Waals surface area contributed by atoms with Gasteiger partial charge in [0.25, 0.3) is 0 Å². The summed E-state index contributed by atoms with van der Waals surface area (Å²) < 4.78 is 0. The van der Waals surface area contributed by atoms with Crippen LogP contribution in [0.2, 0.25) is 5.02 Å². The molecule has 82 valence electrons. The molecule has 16 heavy (non-hydrogen) atoms. The lowest BCUT2D eigenvalue weighted by Crippen LogP contribution is -2.06. The van der Waals surface area contributed by atoms with Crippen molar-refractivity contribution in [2.45, 2.75) is 12.8 Å². The van der Waals surface area contributed by atoms with Crippen LogP contribution in [0.4, 0.5) is 0 Å². The molecule has 0 bridgehead atoms. The molecule has 0 amide bonds. The molecule has 1 heterocycles. The number of halogens is 1. The monoisotopic (exact) mass is 250 g/mol. The molecule has 0 N–H and O–H groups in total. The highest BCUT2D eigenvalue weighted by atomic mass is 35.5. The quantitative estimate of drug-likeness (QED) is 0.808. The second kappa shape index (κ2) is 5.28. The molecular weight excluding hydrogens is 240 g/mol. The van der Waals surface area contributed by atoms with Crippen molar-refractivity contribution in [3.05, 3.63) is 57.2 Å². The fraction of sp³-hybridized carbons (Fsp3) is 0.154. The first-order valence-corrected chi connectivity index (χ1v) is 6.34. The minimum Gasteiger partial charge on any atom is -0.299 e. The van der Waals surface area contributed by atoms with Gasteiger partial charge in [-0.15, -0.1) is 0 Å². The Balaban J connectivity index is 2.00. The van der Waals surface area contributed by atoms with Crippen LogP contribution in [-0.2, 0) is 17.6 Å². The van der Waals surface area contributed by atoms with Gasteiger partial charge in [0.05, 0.1) is 0 Å². The highest BCUT2D eigenvalue weighted by molar-refractivity contribution is 7.08. The van der Waals surface area contributed by atoms with E-state index in [0.717, 1.165) is 11.1 Å². The predicted octanol–water partition coefficient (Wildman–Crippen LogP) is 3.76. The molecule has 0 aliphatic heterocycles. The van der Waals surface area contributed by atoms with Crippen LogP contribution in [0, 0.1) is 0 Å². The summed E-state index contributed by atoms with van der Waals surface area (Å²) in [6, 6.07) is 9.46. The SMILES string of the molecule is O=C(Cc1ccsc1)Cc1ccccc1Cl. The number of rotatable bonds is 4. The summed E-state index contributed by atoms with van der Waals surface area (Å²) >= 11 is 7.61. The third-order valence-electron chi connectivity index (χ3n) is 2.33. The van der Waals surface area contributed by atoms with Gasteiger partial charge >= 0.3 is 0 Å². The van der Waals surface area contributed by atoms with Crippen LogP contribution in [-0.4, -0.2) is 5.78 Å². The summed E-state index contributed by atoms with van der Waals surface area (Å²) in [5, 5.41) is 4.66. The van der Waals surface area contributed by atoms with E-state index in [0.29, 0.717) is 17.9 Å². The van der Waals surface area contributed by atoms with Crippen LogP contribution in [0.25, 0.3) is 0 Å². The number of hydrogen-bond acceptors (Lipinski definition) is 2. The first kappa shape index (κ1) is 11.4. The zero-order valence-electron chi connectivity index (χ0n) is 8.65. The van der Waals surface area contributed by atoms with Gasteiger partial charge in [-0.25, -0.2) is 0 Å². The summed E-state index contributed by atoms with van der Waals surface area (Å²) in [5.41, 5.74) is 1.99. The number of hydrogen-bond donors (Lipinski definition) is 0. The average Bonchev–Trinajstić information content (AvgIpc) is 2.74. The summed E-state index contributed by atoms with van der Waals surface area (Å²) in [5.74, 6) is 0.200. The third kappa shape index (κ3) is 2.94. The number of benzene rings is 1. The van der Waals surface area contributed by atoms with Gasteiger partial charge in [0.1, 0.15) is 5.78 Å². The Morgan fingerprint density at radius 3 is 2.69 bits per heavy atom. The predicted molar refractivity (Wildman–Crippen MR) is 68.2 cm³/mol. The normalized spacial score (nSPS) is 10.3. The fourth-order valence-electron chi connectivity index (χ4n) is 1.54. The molecule has 1 aromatic heterocycles. The zero-order valence-corrected chi connectivity index (χ0v) is 10.2. The minimum atomic E-state index is 0.200. The second-order valence-corrected chi connectivity index (χ2v) is 4.80. The van der Waals surface area contributed by atoms with Crippen LogP contribution in [0.5, 0.6) is 0 Å². The van der Waals surface area contributed by atoms with Crippen molar-refractivity contribution in [2.75, 3.05) is 0 Å². The Labute approximate surface area is 104 Å². The molecule has 0 radical (unpaired) electrons. The Morgan fingerprint density at radius 2 is 2.00 bits per heavy atom. The number of carbonyl (C=O) groups is 1. The Kier molecular flexibility index (Phi) is 3.75. The highest BCUT2D eigenvalue weighted by Gasteiger charge is 2.07. The van der Waals surface area contributed by atoms with Crippen molar-refractivity contribution < 1.29 is 4.79 Å². The van der Waals surface area contributed by atoms with E-state index in [2.05, 4.69) is 0 Å². The smallest absolute Gasteiger partial charge is 0.141 e. The Bertz CT molecular complexity index is 476. The molecule has 1 nitrogen and oxygen atoms in total. The maximum absolute atomic E-state index is 11.8. The summed E-state index contributed by atoms with van der Waals surface area (Å²) in [6.45, 7) is 0. The zero-order chi connectivity index (χ0) is 11.4. The molecule has 0 aliphatic rings. The van der Waals surface area contributed by atoms with Gasteiger partial charge in [-0.1, -0.05) is 29.8 Å². The number of Topliss-reactive ketones (excluding diaryl/α,β-unsaturated/α-hetero) is 1. The van der Waals surface area contributed by atoms with E-state index >= 15 is 0 Å². The molecule has 0 aliphatic carbocycles. The Morgan fingerprint density at radius 1 is 1.19 bits per heavy atom. The van der Waals surface area contributed by atoms with Crippen molar-refractivity contribution >= 4 is 28.7 Å². The van der Waals surface area contributed by atoms with E-state index in [1.807, 2.05) is 41.1 Å². The van der Waals surface area contributed by atoms with E-state index < -0.39 is 0 Å². The van der Waals surface area contributed by atoms with Crippen LogP contribution in [0.1, 0.15) is 11.1 Å². The lowest BCUT2D eigenvalue weighted by atomic mass is 10.0. The standard InChI is InChI=1S/C13H11ClOS/c14-13-4-2-1-3-11(13)8-12(15)7-10-5-6-16-9-10/h1-6,9H,7-8H2. The summed E-state index contributed by atoms with van der Waals surface area (Å²) in [4.78, 5) is 11.8. The molecule has 0 spiro atoms. The van der Waals surface area contributed by atoms with E-state index in [1.165, 1.54) is 0 Å². The van der Waals surface area contributed by atoms with Crippen molar-refractivity contribution in [1.82, 2.24) is 0 Å². The first-order chi connectivity index (χ1) is 7.75. The van der Waals surface area contributed by atoms with Gasteiger partial charge in [-0.3, -0.25) is 4.79 Å². The van der Waals surface area contributed by atoms with Crippen LogP contribution < -0.4 is 0 Å². The maximum atomic E-state index is 11.8. The van der Waals surface area contributed by atoms with Crippen molar-refractivity contribution in [3.63, 3.8) is 0 Å². The van der Waals surface area contributed by atoms with Crippen LogP contribution in [0.15, 0.2) is 41.1 Å². The number of thiophene rings is 1. The van der Waals surface area contributed by atoms with Crippen LogP contribution >= 0.6 is 22.9 Å². The van der Waals surface area contributed by atoms with Crippen molar-refractivity contribution in [3.8, 4) is 0 Å². The highest BCUT2D eigenvalue weighted by Crippen LogP contribution is 2.16. The fourth-order valence-corrected chi connectivity index (χ4v) is 2.41. The van der Waals surface area contributed by atoms with Gasteiger partial charge in [0.15, 0.2) is 0 Å². The maximum Gasteiger partial charge on any atom is 0.141 e. The van der Waals surface area contributed by atoms with Crippen molar-refractivity contribution in [1.29, 1.82) is 0 Å². The van der Waals surface area contributed by atoms with E-state index in [-0.39, 0.29) is 5.78 Å². The lowest BCUT2D eigenvalue weighted by Gasteiger charge is -2.02. The summed E-state index contributed by atoms with van der Waals surface area (Å²) in [7, 11) is 0. The molecule has 0 saturated heterocycles. The van der Waals surface area contributed by atoms with Gasteiger partial charge in [0.2, 0.25) is 0 Å². The van der Waals surface area contributed by atoms with Gasteiger partial charge in [-0.05, 0) is 34.0 Å². The lowest BCUT2D eigenvalue weighted by molar-refractivity contribution is -0.117. The average molecular weight is 251 g/mol.